The van der Waals surface area contributed by atoms with Gasteiger partial charge in [0.1, 0.15) is 6.33 Å². The topological polar surface area (TPSA) is 100 Å². The van der Waals surface area contributed by atoms with Crippen molar-refractivity contribution in [2.45, 2.75) is 24.9 Å². The first-order chi connectivity index (χ1) is 13.8. The molecule has 1 atom stereocenters. The summed E-state index contributed by atoms with van der Waals surface area (Å²) in [5, 5.41) is 6.96. The molecule has 1 saturated heterocycles. The predicted octanol–water partition coefficient (Wildman–Crippen LogP) is 2.00. The van der Waals surface area contributed by atoms with E-state index in [1.807, 2.05) is 35.2 Å². The number of para-hydroxylation sites is 1. The number of nitrogens with one attached hydrogen (secondary N) is 1. The number of aromatic amines is 1. The molecule has 2 aromatic heterocycles. The number of hydrogen-bond acceptors (Lipinski definition) is 7. The molecular formula is C19H19N7O2. The van der Waals surface area contributed by atoms with Crippen LogP contribution in [-0.4, -0.2) is 50.3 Å². The van der Waals surface area contributed by atoms with Gasteiger partial charge in [0.15, 0.2) is 23.5 Å². The molecule has 0 saturated carbocycles. The first kappa shape index (κ1) is 16.8. The van der Waals surface area contributed by atoms with Gasteiger partial charge in [-0.3, -0.25) is 14.8 Å². The second-order valence-corrected chi connectivity index (χ2v) is 6.72. The van der Waals surface area contributed by atoms with Crippen molar-refractivity contribution < 1.29 is 9.53 Å². The van der Waals surface area contributed by atoms with Crippen molar-refractivity contribution in [2.75, 3.05) is 23.0 Å². The van der Waals surface area contributed by atoms with Gasteiger partial charge in [0.05, 0.1) is 5.69 Å². The van der Waals surface area contributed by atoms with Crippen molar-refractivity contribution in [2.24, 2.45) is 0 Å². The lowest BCUT2D eigenvalue weighted by molar-refractivity contribution is -0.120. The third kappa shape index (κ3) is 2.71. The molecule has 28 heavy (non-hydrogen) atoms. The van der Waals surface area contributed by atoms with Gasteiger partial charge in [-0.15, -0.1) is 0 Å². The summed E-state index contributed by atoms with van der Waals surface area (Å²) < 4.78 is 5.53. The highest BCUT2D eigenvalue weighted by Crippen LogP contribution is 2.43. The molecule has 0 bridgehead atoms. The maximum Gasteiger partial charge on any atom is 0.263 e. The summed E-state index contributed by atoms with van der Waals surface area (Å²) in [5.41, 5.74) is 0.737. The molecule has 3 aromatic rings. The van der Waals surface area contributed by atoms with E-state index < -0.39 is 6.04 Å². The van der Waals surface area contributed by atoms with E-state index in [-0.39, 0.29) is 11.9 Å². The molecule has 9 nitrogen and oxygen atoms in total. The normalized spacial score (nSPS) is 20.3. The van der Waals surface area contributed by atoms with E-state index in [0.29, 0.717) is 30.7 Å². The van der Waals surface area contributed by atoms with E-state index in [2.05, 4.69) is 25.1 Å². The fourth-order valence-electron chi connectivity index (χ4n) is 3.89. The average Bonchev–Trinajstić information content (AvgIpc) is 3.28. The number of amides is 1. The maximum atomic E-state index is 13.7. The predicted molar refractivity (Wildman–Crippen MR) is 101 cm³/mol. The van der Waals surface area contributed by atoms with Crippen molar-refractivity contribution in [1.29, 1.82) is 0 Å². The van der Waals surface area contributed by atoms with Crippen LogP contribution >= 0.6 is 0 Å². The van der Waals surface area contributed by atoms with Gasteiger partial charge in [0, 0.05) is 31.6 Å². The Kier molecular flexibility index (Phi) is 4.21. The van der Waals surface area contributed by atoms with E-state index in [1.54, 1.807) is 17.3 Å². The lowest BCUT2D eigenvalue weighted by Crippen LogP contribution is -2.52. The monoisotopic (exact) mass is 377 g/mol. The second-order valence-electron chi connectivity index (χ2n) is 6.72. The number of ether oxygens (including phenoxy) is 1. The molecule has 0 radical (unpaired) electrons. The van der Waals surface area contributed by atoms with Crippen LogP contribution in [0.4, 0.5) is 17.3 Å². The summed E-state index contributed by atoms with van der Waals surface area (Å²) in [7, 11) is 0. The van der Waals surface area contributed by atoms with Crippen molar-refractivity contribution in [3.8, 4) is 0 Å². The molecule has 0 aliphatic carbocycles. The Morgan fingerprint density at radius 1 is 1.00 bits per heavy atom. The Morgan fingerprint density at radius 3 is 2.46 bits per heavy atom. The highest BCUT2D eigenvalue weighted by molar-refractivity contribution is 6.09. The third-order valence-electron chi connectivity index (χ3n) is 5.13. The number of carbonyl (C=O) groups is 1. The number of benzene rings is 1. The molecule has 142 valence electrons. The molecule has 1 fully saturated rings. The van der Waals surface area contributed by atoms with Crippen LogP contribution in [0.25, 0.3) is 0 Å². The van der Waals surface area contributed by atoms with Gasteiger partial charge in [0.2, 0.25) is 0 Å². The number of hydrogen-bond donors (Lipinski definition) is 1. The first-order valence-electron chi connectivity index (χ1n) is 9.26. The molecule has 5 rings (SSSR count). The number of aromatic nitrogens is 5. The molecule has 1 N–H and O–H groups in total. The highest BCUT2D eigenvalue weighted by atomic mass is 16.5. The Bertz CT molecular complexity index is 957. The van der Waals surface area contributed by atoms with Crippen LogP contribution in [0.5, 0.6) is 0 Å². The molecular weight excluding hydrogens is 358 g/mol. The molecule has 1 aromatic carbocycles. The summed E-state index contributed by atoms with van der Waals surface area (Å²) in [6.07, 6.45) is 6.35. The lowest BCUT2D eigenvalue weighted by Gasteiger charge is -2.44. The van der Waals surface area contributed by atoms with E-state index >= 15 is 0 Å². The minimum absolute atomic E-state index is 0.0922. The van der Waals surface area contributed by atoms with Gasteiger partial charge < -0.3 is 9.64 Å². The van der Waals surface area contributed by atoms with Crippen molar-refractivity contribution in [3.05, 3.63) is 54.9 Å². The number of rotatable bonds is 3. The van der Waals surface area contributed by atoms with Gasteiger partial charge in [-0.2, -0.15) is 5.10 Å². The van der Waals surface area contributed by atoms with Crippen LogP contribution in [0.3, 0.4) is 0 Å². The quantitative estimate of drug-likeness (QED) is 0.745. The zero-order chi connectivity index (χ0) is 18.9. The van der Waals surface area contributed by atoms with Crippen molar-refractivity contribution in [1.82, 2.24) is 25.1 Å². The average molecular weight is 377 g/mol. The standard InChI is InChI=1S/C19H19N7O2/c27-19-15(16-22-12-23-24-16)25(14-6-10-28-11-7-14)17-18(21-9-8-20-17)26(19)13-4-2-1-3-5-13/h1-5,8-9,12,14-15H,6-7,10-11H2,(H,22,23,24). The zero-order valence-corrected chi connectivity index (χ0v) is 15.1. The van der Waals surface area contributed by atoms with Crippen molar-refractivity contribution >= 4 is 23.2 Å². The second kappa shape index (κ2) is 7.01. The first-order valence-corrected chi connectivity index (χ1v) is 9.26. The summed E-state index contributed by atoms with van der Waals surface area (Å²) >= 11 is 0. The third-order valence-corrected chi connectivity index (χ3v) is 5.13. The summed E-state index contributed by atoms with van der Waals surface area (Å²) in [5.74, 6) is 1.46. The number of fused-ring (bicyclic) bond motifs is 1. The minimum atomic E-state index is -0.682. The Morgan fingerprint density at radius 2 is 1.75 bits per heavy atom. The summed E-state index contributed by atoms with van der Waals surface area (Å²) in [4.78, 5) is 30.8. The molecule has 1 unspecified atom stereocenters. The SMILES string of the molecule is O=C1C(c2nc[nH]n2)N(C2CCOCC2)c2nccnc2N1c1ccccc1. The van der Waals surface area contributed by atoms with Gasteiger partial charge in [-0.05, 0) is 25.0 Å². The molecule has 0 spiro atoms. The lowest BCUT2D eigenvalue weighted by atomic mass is 10.0. The summed E-state index contributed by atoms with van der Waals surface area (Å²) in [6, 6.07) is 8.88. The molecule has 2 aliphatic rings. The molecule has 4 heterocycles. The minimum Gasteiger partial charge on any atom is -0.381 e. The van der Waals surface area contributed by atoms with Crippen LogP contribution in [0.1, 0.15) is 24.7 Å². The zero-order valence-electron chi connectivity index (χ0n) is 15.1. The number of carbonyl (C=O) groups excluding carboxylic acids is 1. The van der Waals surface area contributed by atoms with Gasteiger partial charge in [-0.25, -0.2) is 15.0 Å². The fraction of sp³-hybridized carbons (Fsp3) is 0.316. The van der Waals surface area contributed by atoms with Gasteiger partial charge >= 0.3 is 0 Å². The highest BCUT2D eigenvalue weighted by Gasteiger charge is 2.46. The van der Waals surface area contributed by atoms with E-state index in [9.17, 15) is 4.79 Å². The maximum absolute atomic E-state index is 13.7. The van der Waals surface area contributed by atoms with E-state index in [4.69, 9.17) is 4.74 Å². The summed E-state index contributed by atoms with van der Waals surface area (Å²) in [6.45, 7) is 1.29. The number of H-pyrrole nitrogens is 1. The number of nitrogens with zero attached hydrogens (tertiary/aromatic N) is 6. The number of anilines is 3. The van der Waals surface area contributed by atoms with Crippen molar-refractivity contribution in [3.63, 3.8) is 0 Å². The Labute approximate surface area is 161 Å². The van der Waals surface area contributed by atoms with Crippen LogP contribution in [0, 0.1) is 0 Å². The van der Waals surface area contributed by atoms with Gasteiger partial charge in [0.25, 0.3) is 5.91 Å². The van der Waals surface area contributed by atoms with Crippen LogP contribution < -0.4 is 9.80 Å². The smallest absolute Gasteiger partial charge is 0.263 e. The molecule has 2 aliphatic heterocycles. The molecule has 9 heteroatoms. The van der Waals surface area contributed by atoms with E-state index in [0.717, 1.165) is 18.5 Å². The Hall–Kier alpha value is -3.33. The van der Waals surface area contributed by atoms with Crippen LogP contribution in [0.2, 0.25) is 0 Å². The molecule has 1 amide bonds. The van der Waals surface area contributed by atoms with E-state index in [1.165, 1.54) is 6.33 Å². The largest absolute Gasteiger partial charge is 0.381 e. The fourth-order valence-corrected chi connectivity index (χ4v) is 3.89. The van der Waals surface area contributed by atoms with Crippen LogP contribution in [-0.2, 0) is 9.53 Å². The van der Waals surface area contributed by atoms with Crippen LogP contribution in [0.15, 0.2) is 49.1 Å². The van der Waals surface area contributed by atoms with Gasteiger partial charge in [-0.1, -0.05) is 18.2 Å². The Balaban J connectivity index is 1.69.